The van der Waals surface area contributed by atoms with Crippen molar-refractivity contribution in [3.8, 4) is 0 Å². The summed E-state index contributed by atoms with van der Waals surface area (Å²) in [5.74, 6) is 0.138. The van der Waals surface area contributed by atoms with Gasteiger partial charge in [0, 0.05) is 21.9 Å². The summed E-state index contributed by atoms with van der Waals surface area (Å²) in [5, 5.41) is 0. The van der Waals surface area contributed by atoms with Gasteiger partial charge in [0.05, 0.1) is 17.5 Å². The Morgan fingerprint density at radius 3 is 2.67 bits per heavy atom. The van der Waals surface area contributed by atoms with E-state index in [1.165, 1.54) is 13.2 Å². The molecule has 18 heavy (non-hydrogen) atoms. The highest BCUT2D eigenvalue weighted by molar-refractivity contribution is 9.11. The average molecular weight is 422 g/mol. The maximum absolute atomic E-state index is 12.2. The van der Waals surface area contributed by atoms with Gasteiger partial charge in [-0.25, -0.2) is 13.1 Å². The number of hydrogen-bond donors (Lipinski definition) is 1. The normalized spacial score (nSPS) is 13.6. The molecule has 0 aliphatic carbocycles. The number of benzene rings is 1. The van der Waals surface area contributed by atoms with E-state index in [1.807, 2.05) is 0 Å². The van der Waals surface area contributed by atoms with Crippen molar-refractivity contribution in [2.75, 3.05) is 19.6 Å². The van der Waals surface area contributed by atoms with E-state index in [4.69, 9.17) is 16.3 Å². The Morgan fingerprint density at radius 2 is 2.11 bits per heavy atom. The topological polar surface area (TPSA) is 55.4 Å². The van der Waals surface area contributed by atoms with Crippen molar-refractivity contribution in [3.63, 3.8) is 0 Å². The van der Waals surface area contributed by atoms with Crippen LogP contribution in [0, 0.1) is 0 Å². The zero-order chi connectivity index (χ0) is 13.8. The fourth-order valence-corrected chi connectivity index (χ4v) is 4.26. The lowest BCUT2D eigenvalue weighted by Crippen LogP contribution is -2.39. The molecule has 0 aliphatic rings. The molecule has 1 unspecified atom stereocenters. The Bertz CT molecular complexity index is 510. The first-order valence-electron chi connectivity index (χ1n) is 4.93. The molecule has 0 heterocycles. The van der Waals surface area contributed by atoms with Crippen LogP contribution in [-0.2, 0) is 14.8 Å². The number of rotatable bonds is 6. The minimum atomic E-state index is -3.64. The molecule has 8 heteroatoms. The Hall–Kier alpha value is 0.340. The van der Waals surface area contributed by atoms with Crippen LogP contribution in [0.25, 0.3) is 0 Å². The molecule has 0 aromatic heterocycles. The molecular formula is C10H12Br2ClNO3S. The van der Waals surface area contributed by atoms with E-state index < -0.39 is 16.1 Å². The molecule has 1 rings (SSSR count). The van der Waals surface area contributed by atoms with Crippen molar-refractivity contribution in [3.05, 3.63) is 27.1 Å². The summed E-state index contributed by atoms with van der Waals surface area (Å²) < 4.78 is 32.9. The van der Waals surface area contributed by atoms with Gasteiger partial charge < -0.3 is 4.74 Å². The minimum Gasteiger partial charge on any atom is -0.383 e. The Morgan fingerprint density at radius 1 is 1.44 bits per heavy atom. The molecule has 0 amide bonds. The molecule has 0 saturated heterocycles. The van der Waals surface area contributed by atoms with Crippen molar-refractivity contribution in [1.29, 1.82) is 0 Å². The second-order valence-electron chi connectivity index (χ2n) is 3.50. The van der Waals surface area contributed by atoms with E-state index in [9.17, 15) is 8.42 Å². The molecule has 0 saturated carbocycles. The standard InChI is InChI=1S/C10H12Br2ClNO3S/c1-17-6-8(5-13)14-18(15,16)10-4-7(11)2-3-9(10)12/h2-4,8,14H,5-6H2,1H3. The van der Waals surface area contributed by atoms with E-state index >= 15 is 0 Å². The van der Waals surface area contributed by atoms with Crippen LogP contribution in [0.15, 0.2) is 32.0 Å². The van der Waals surface area contributed by atoms with E-state index in [2.05, 4.69) is 36.6 Å². The highest BCUT2D eigenvalue weighted by Crippen LogP contribution is 2.25. The number of sulfonamides is 1. The second kappa shape index (κ2) is 7.21. The molecule has 0 aliphatic heterocycles. The number of ether oxygens (including phenoxy) is 1. The summed E-state index contributed by atoms with van der Waals surface area (Å²) in [7, 11) is -2.15. The molecule has 1 N–H and O–H groups in total. The van der Waals surface area contributed by atoms with Gasteiger partial charge in [-0.2, -0.15) is 0 Å². The monoisotopic (exact) mass is 419 g/mol. The van der Waals surface area contributed by atoms with Crippen molar-refractivity contribution >= 4 is 53.5 Å². The van der Waals surface area contributed by atoms with Gasteiger partial charge in [0.15, 0.2) is 0 Å². The lowest BCUT2D eigenvalue weighted by molar-refractivity contribution is 0.181. The predicted molar refractivity (Wildman–Crippen MR) is 78.5 cm³/mol. The third kappa shape index (κ3) is 4.47. The third-order valence-electron chi connectivity index (χ3n) is 2.06. The van der Waals surface area contributed by atoms with Gasteiger partial charge in [-0.3, -0.25) is 0 Å². The highest BCUT2D eigenvalue weighted by Gasteiger charge is 2.22. The second-order valence-corrected chi connectivity index (χ2v) is 7.26. The summed E-state index contributed by atoms with van der Waals surface area (Å²) in [6, 6.07) is 4.46. The number of alkyl halides is 1. The van der Waals surface area contributed by atoms with Crippen LogP contribution in [0.4, 0.5) is 0 Å². The number of halogens is 3. The summed E-state index contributed by atoms with van der Waals surface area (Å²) in [6.07, 6.45) is 0. The van der Waals surface area contributed by atoms with Gasteiger partial charge in [-0.15, -0.1) is 11.6 Å². The first-order valence-corrected chi connectivity index (χ1v) is 8.53. The molecule has 1 atom stereocenters. The Labute approximate surface area is 128 Å². The van der Waals surface area contributed by atoms with Crippen molar-refractivity contribution in [2.24, 2.45) is 0 Å². The fourth-order valence-electron chi connectivity index (χ4n) is 1.28. The molecule has 0 radical (unpaired) electrons. The van der Waals surface area contributed by atoms with Gasteiger partial charge in [0.25, 0.3) is 0 Å². The summed E-state index contributed by atoms with van der Waals surface area (Å²) in [5.41, 5.74) is 0. The van der Waals surface area contributed by atoms with Crippen LogP contribution in [0.3, 0.4) is 0 Å². The molecule has 0 spiro atoms. The fraction of sp³-hybridized carbons (Fsp3) is 0.400. The maximum Gasteiger partial charge on any atom is 0.242 e. The third-order valence-corrected chi connectivity index (χ3v) is 5.44. The van der Waals surface area contributed by atoms with Crippen LogP contribution < -0.4 is 4.72 Å². The maximum atomic E-state index is 12.2. The van der Waals surface area contributed by atoms with Gasteiger partial charge in [-0.05, 0) is 34.1 Å². The van der Waals surface area contributed by atoms with Gasteiger partial charge >= 0.3 is 0 Å². The zero-order valence-electron chi connectivity index (χ0n) is 9.49. The van der Waals surface area contributed by atoms with Crippen LogP contribution >= 0.6 is 43.5 Å². The molecule has 1 aromatic rings. The minimum absolute atomic E-state index is 0.138. The highest BCUT2D eigenvalue weighted by atomic mass is 79.9. The largest absolute Gasteiger partial charge is 0.383 e. The Balaban J connectivity index is 3.02. The van der Waals surface area contributed by atoms with Gasteiger partial charge in [-0.1, -0.05) is 15.9 Å². The van der Waals surface area contributed by atoms with Gasteiger partial charge in [0.2, 0.25) is 10.0 Å². The summed E-state index contributed by atoms with van der Waals surface area (Å²) >= 11 is 12.1. The first kappa shape index (κ1) is 16.4. The Kier molecular flexibility index (Phi) is 6.57. The molecule has 0 fully saturated rings. The first-order chi connectivity index (χ1) is 8.40. The van der Waals surface area contributed by atoms with E-state index in [0.717, 1.165) is 0 Å². The van der Waals surface area contributed by atoms with Crippen LogP contribution in [0.2, 0.25) is 0 Å². The van der Waals surface area contributed by atoms with E-state index in [-0.39, 0.29) is 17.4 Å². The quantitative estimate of drug-likeness (QED) is 0.719. The van der Waals surface area contributed by atoms with Crippen LogP contribution in [0.5, 0.6) is 0 Å². The van der Waals surface area contributed by atoms with Crippen LogP contribution in [0.1, 0.15) is 0 Å². The summed E-state index contributed by atoms with van der Waals surface area (Å²) in [6.45, 7) is 0.217. The zero-order valence-corrected chi connectivity index (χ0v) is 14.2. The summed E-state index contributed by atoms with van der Waals surface area (Å²) in [4.78, 5) is 0.156. The number of nitrogens with one attached hydrogen (secondary N) is 1. The lowest BCUT2D eigenvalue weighted by atomic mass is 10.4. The number of methoxy groups -OCH3 is 1. The average Bonchev–Trinajstić information content (AvgIpc) is 2.31. The molecular weight excluding hydrogens is 409 g/mol. The van der Waals surface area contributed by atoms with E-state index in [1.54, 1.807) is 12.1 Å². The van der Waals surface area contributed by atoms with Crippen molar-refractivity contribution in [1.82, 2.24) is 4.72 Å². The van der Waals surface area contributed by atoms with Gasteiger partial charge in [0.1, 0.15) is 0 Å². The predicted octanol–water partition coefficient (Wildman–Crippen LogP) is 2.74. The number of hydrogen-bond acceptors (Lipinski definition) is 3. The smallest absolute Gasteiger partial charge is 0.242 e. The molecule has 102 valence electrons. The molecule has 0 bridgehead atoms. The van der Waals surface area contributed by atoms with Crippen LogP contribution in [-0.4, -0.2) is 34.1 Å². The molecule has 1 aromatic carbocycles. The van der Waals surface area contributed by atoms with Crippen molar-refractivity contribution < 1.29 is 13.2 Å². The van der Waals surface area contributed by atoms with E-state index in [0.29, 0.717) is 8.95 Å². The lowest BCUT2D eigenvalue weighted by Gasteiger charge is -2.16. The van der Waals surface area contributed by atoms with Crippen molar-refractivity contribution in [2.45, 2.75) is 10.9 Å². The molecule has 4 nitrogen and oxygen atoms in total. The SMILES string of the molecule is COCC(CCl)NS(=O)(=O)c1cc(Br)ccc1Br.